The summed E-state index contributed by atoms with van der Waals surface area (Å²) in [6.45, 7) is 4.55. The van der Waals surface area contributed by atoms with Crippen LogP contribution in [-0.2, 0) is 11.2 Å². The van der Waals surface area contributed by atoms with Crippen molar-refractivity contribution in [2.24, 2.45) is 5.73 Å². The average molecular weight is 234 g/mol. The van der Waals surface area contributed by atoms with Gasteiger partial charge in [-0.15, -0.1) is 0 Å². The van der Waals surface area contributed by atoms with Crippen LogP contribution in [0.15, 0.2) is 24.3 Å². The highest BCUT2D eigenvalue weighted by Gasteiger charge is 2.14. The summed E-state index contributed by atoms with van der Waals surface area (Å²) in [6, 6.07) is 8.64. The monoisotopic (exact) mass is 234 g/mol. The van der Waals surface area contributed by atoms with Crippen LogP contribution in [0.4, 0.5) is 0 Å². The number of benzene rings is 1. The molecular weight excluding hydrogens is 212 g/mol. The first-order chi connectivity index (χ1) is 8.04. The zero-order valence-electron chi connectivity index (χ0n) is 10.9. The van der Waals surface area contributed by atoms with Gasteiger partial charge in [0.15, 0.2) is 0 Å². The van der Waals surface area contributed by atoms with Gasteiger partial charge in [0.25, 0.3) is 0 Å². The van der Waals surface area contributed by atoms with E-state index in [1.807, 2.05) is 7.05 Å². The van der Waals surface area contributed by atoms with Crippen molar-refractivity contribution < 1.29 is 4.79 Å². The molecule has 0 bridgehead atoms. The molecule has 94 valence electrons. The fourth-order valence-electron chi connectivity index (χ4n) is 1.75. The molecule has 17 heavy (non-hydrogen) atoms. The Bertz CT molecular complexity index is 359. The summed E-state index contributed by atoms with van der Waals surface area (Å²) >= 11 is 0. The summed E-state index contributed by atoms with van der Waals surface area (Å²) in [5, 5.41) is 0. The molecule has 0 heterocycles. The summed E-state index contributed by atoms with van der Waals surface area (Å²) in [5.41, 5.74) is 7.91. The molecule has 0 saturated heterocycles. The molecule has 1 amide bonds. The van der Waals surface area contributed by atoms with Crippen LogP contribution in [0.2, 0.25) is 0 Å². The molecule has 3 heteroatoms. The van der Waals surface area contributed by atoms with E-state index in [9.17, 15) is 4.79 Å². The Kier molecular flexibility index (Phi) is 5.16. The second-order valence-electron chi connectivity index (χ2n) is 4.58. The van der Waals surface area contributed by atoms with Crippen LogP contribution in [0.1, 0.15) is 24.5 Å². The number of amides is 1. The van der Waals surface area contributed by atoms with Gasteiger partial charge >= 0.3 is 0 Å². The highest BCUT2D eigenvalue weighted by Crippen LogP contribution is 2.09. The zero-order valence-corrected chi connectivity index (χ0v) is 10.9. The molecule has 0 aromatic heterocycles. The van der Waals surface area contributed by atoms with Crippen molar-refractivity contribution in [1.29, 1.82) is 0 Å². The number of hydrogen-bond acceptors (Lipinski definition) is 2. The molecule has 0 aliphatic heterocycles. The summed E-state index contributed by atoms with van der Waals surface area (Å²) in [4.78, 5) is 13.5. The van der Waals surface area contributed by atoms with Gasteiger partial charge in [0.2, 0.25) is 5.91 Å². The fraction of sp³-hybridized carbons (Fsp3) is 0.500. The van der Waals surface area contributed by atoms with Crippen molar-refractivity contribution in [2.75, 3.05) is 13.6 Å². The van der Waals surface area contributed by atoms with Crippen LogP contribution in [0.25, 0.3) is 0 Å². The Labute approximate surface area is 104 Å². The number of rotatable bonds is 5. The minimum atomic E-state index is 0.118. The third-order valence-corrected chi connectivity index (χ3v) is 3.06. The average Bonchev–Trinajstić information content (AvgIpc) is 2.31. The summed E-state index contributed by atoms with van der Waals surface area (Å²) in [6.07, 6.45) is 1.31. The second-order valence-corrected chi connectivity index (χ2v) is 4.58. The SMILES string of the molecule is Cc1ccc(CC(C)N(C)C(=O)CCN)cc1. The maximum absolute atomic E-state index is 11.7. The lowest BCUT2D eigenvalue weighted by Gasteiger charge is -2.25. The molecule has 1 aromatic carbocycles. The first-order valence-electron chi connectivity index (χ1n) is 6.06. The Hall–Kier alpha value is -1.35. The quantitative estimate of drug-likeness (QED) is 0.843. The molecule has 3 nitrogen and oxygen atoms in total. The number of carbonyl (C=O) groups excluding carboxylic acids is 1. The van der Waals surface area contributed by atoms with Gasteiger partial charge < -0.3 is 10.6 Å². The van der Waals surface area contributed by atoms with Crippen LogP contribution >= 0.6 is 0 Å². The van der Waals surface area contributed by atoms with Gasteiger partial charge in [-0.05, 0) is 25.8 Å². The maximum atomic E-state index is 11.7. The van der Waals surface area contributed by atoms with Gasteiger partial charge in [-0.2, -0.15) is 0 Å². The van der Waals surface area contributed by atoms with Crippen LogP contribution < -0.4 is 5.73 Å². The first-order valence-corrected chi connectivity index (χ1v) is 6.06. The maximum Gasteiger partial charge on any atom is 0.223 e. The van der Waals surface area contributed by atoms with E-state index in [-0.39, 0.29) is 11.9 Å². The third kappa shape index (κ3) is 4.19. The molecule has 0 aliphatic rings. The standard InChI is InChI=1S/C14H22N2O/c1-11-4-6-13(7-5-11)10-12(2)16(3)14(17)8-9-15/h4-7,12H,8-10,15H2,1-3H3. The molecule has 0 radical (unpaired) electrons. The molecule has 1 unspecified atom stereocenters. The summed E-state index contributed by atoms with van der Waals surface area (Å²) in [7, 11) is 1.84. The Balaban J connectivity index is 2.56. The molecule has 1 aromatic rings. The normalized spacial score (nSPS) is 12.2. The van der Waals surface area contributed by atoms with Gasteiger partial charge in [0.05, 0.1) is 0 Å². The number of nitrogens with zero attached hydrogens (tertiary/aromatic N) is 1. The Morgan fingerprint density at radius 2 is 1.94 bits per heavy atom. The van der Waals surface area contributed by atoms with Gasteiger partial charge in [-0.1, -0.05) is 29.8 Å². The van der Waals surface area contributed by atoms with Crippen molar-refractivity contribution in [3.05, 3.63) is 35.4 Å². The fourth-order valence-corrected chi connectivity index (χ4v) is 1.75. The van der Waals surface area contributed by atoms with E-state index >= 15 is 0 Å². The van der Waals surface area contributed by atoms with E-state index in [4.69, 9.17) is 5.73 Å². The van der Waals surface area contributed by atoms with Crippen molar-refractivity contribution in [3.63, 3.8) is 0 Å². The molecule has 2 N–H and O–H groups in total. The predicted octanol–water partition coefficient (Wildman–Crippen LogP) is 1.73. The van der Waals surface area contributed by atoms with E-state index < -0.39 is 0 Å². The molecule has 0 spiro atoms. The highest BCUT2D eigenvalue weighted by molar-refractivity contribution is 5.76. The molecule has 1 atom stereocenters. The van der Waals surface area contributed by atoms with Gasteiger partial charge in [-0.25, -0.2) is 0 Å². The molecular formula is C14H22N2O. The molecule has 0 aliphatic carbocycles. The minimum absolute atomic E-state index is 0.118. The Morgan fingerprint density at radius 3 is 2.47 bits per heavy atom. The van der Waals surface area contributed by atoms with Gasteiger partial charge in [0, 0.05) is 26.1 Å². The van der Waals surface area contributed by atoms with E-state index in [0.717, 1.165) is 6.42 Å². The van der Waals surface area contributed by atoms with Crippen LogP contribution in [0, 0.1) is 6.92 Å². The summed E-state index contributed by atoms with van der Waals surface area (Å²) in [5.74, 6) is 0.118. The topological polar surface area (TPSA) is 46.3 Å². The largest absolute Gasteiger partial charge is 0.343 e. The Morgan fingerprint density at radius 1 is 1.35 bits per heavy atom. The number of likely N-dealkylation sites (N-methyl/N-ethyl adjacent to an activating group) is 1. The second kappa shape index (κ2) is 6.40. The van der Waals surface area contributed by atoms with E-state index in [1.165, 1.54) is 11.1 Å². The van der Waals surface area contributed by atoms with E-state index in [2.05, 4.69) is 38.1 Å². The predicted molar refractivity (Wildman–Crippen MR) is 70.8 cm³/mol. The molecule has 0 fully saturated rings. The van der Waals surface area contributed by atoms with Crippen LogP contribution in [-0.4, -0.2) is 30.4 Å². The van der Waals surface area contributed by atoms with E-state index in [1.54, 1.807) is 4.90 Å². The summed E-state index contributed by atoms with van der Waals surface area (Å²) < 4.78 is 0. The zero-order chi connectivity index (χ0) is 12.8. The minimum Gasteiger partial charge on any atom is -0.343 e. The number of hydrogen-bond donors (Lipinski definition) is 1. The number of nitrogens with two attached hydrogens (primary N) is 1. The lowest BCUT2D eigenvalue weighted by molar-refractivity contribution is -0.131. The number of carbonyl (C=O) groups is 1. The smallest absolute Gasteiger partial charge is 0.223 e. The number of aryl methyl sites for hydroxylation is 1. The van der Waals surface area contributed by atoms with Crippen molar-refractivity contribution in [1.82, 2.24) is 4.90 Å². The van der Waals surface area contributed by atoms with Gasteiger partial charge in [-0.3, -0.25) is 4.79 Å². The highest BCUT2D eigenvalue weighted by atomic mass is 16.2. The lowest BCUT2D eigenvalue weighted by Crippen LogP contribution is -2.37. The van der Waals surface area contributed by atoms with Crippen molar-refractivity contribution >= 4 is 5.91 Å². The van der Waals surface area contributed by atoms with Crippen LogP contribution in [0.3, 0.4) is 0 Å². The van der Waals surface area contributed by atoms with E-state index in [0.29, 0.717) is 13.0 Å². The molecule has 1 rings (SSSR count). The lowest BCUT2D eigenvalue weighted by atomic mass is 10.0. The van der Waals surface area contributed by atoms with Gasteiger partial charge in [0.1, 0.15) is 0 Å². The van der Waals surface area contributed by atoms with Crippen molar-refractivity contribution in [3.8, 4) is 0 Å². The first kappa shape index (κ1) is 13.7. The van der Waals surface area contributed by atoms with Crippen LogP contribution in [0.5, 0.6) is 0 Å². The third-order valence-electron chi connectivity index (χ3n) is 3.06. The van der Waals surface area contributed by atoms with Crippen molar-refractivity contribution in [2.45, 2.75) is 32.7 Å². The molecule has 0 saturated carbocycles.